The molecule has 1 atom stereocenters. The van der Waals surface area contributed by atoms with Crippen molar-refractivity contribution < 1.29 is 18.0 Å². The highest BCUT2D eigenvalue weighted by molar-refractivity contribution is 8.15. The van der Waals surface area contributed by atoms with Crippen molar-refractivity contribution in [1.29, 1.82) is 0 Å². The van der Waals surface area contributed by atoms with Crippen LogP contribution < -0.4 is 11.1 Å². The van der Waals surface area contributed by atoms with Gasteiger partial charge in [0.05, 0.1) is 10.6 Å². The summed E-state index contributed by atoms with van der Waals surface area (Å²) in [5.74, 6) is -0.777. The van der Waals surface area contributed by atoms with Crippen molar-refractivity contribution in [2.24, 2.45) is 20.7 Å². The molecule has 2 aliphatic rings. The van der Waals surface area contributed by atoms with E-state index in [9.17, 15) is 18.0 Å². The van der Waals surface area contributed by atoms with Crippen LogP contribution in [0.25, 0.3) is 0 Å². The van der Waals surface area contributed by atoms with Gasteiger partial charge in [-0.05, 0) is 32.3 Å². The van der Waals surface area contributed by atoms with Gasteiger partial charge in [-0.3, -0.25) is 14.8 Å². The molecule has 2 aliphatic heterocycles. The molecule has 0 fully saturated rings. The lowest BCUT2D eigenvalue weighted by Gasteiger charge is -2.39. The standard InChI is InChI=1S/C22H27ClF3N5OS/c1-6-16(21(5)12-20(3,4)33-19(27)31-21)28-10-9-13(2)30-18(32)17-15(23)8-7-14(11-29-17)22(24,25)26/h8-11H,2,6-7,12H2,1,3-5H3,(H2,27,31)(H,30,32)/b10-9-,28-16?. The molecule has 0 aromatic carbocycles. The highest BCUT2D eigenvalue weighted by atomic mass is 35.5. The molecule has 0 saturated carbocycles. The SMILES string of the molecule is C=C(/C=C\N=C(CC)C1(C)CC(C)(C)SC(N)=N1)NC(=O)C1=NC=C(C(F)(F)F)CC=C1Cl. The second kappa shape index (κ2) is 10.3. The Morgan fingerprint density at radius 1 is 1.42 bits per heavy atom. The van der Waals surface area contributed by atoms with Crippen molar-refractivity contribution in [3.8, 4) is 0 Å². The topological polar surface area (TPSA) is 92.2 Å². The smallest absolute Gasteiger partial charge is 0.378 e. The lowest BCUT2D eigenvalue weighted by Crippen LogP contribution is -2.45. The molecule has 180 valence electrons. The maximum Gasteiger partial charge on any atom is 0.414 e. The van der Waals surface area contributed by atoms with E-state index in [1.807, 2.05) is 13.8 Å². The Hall–Kier alpha value is -2.33. The van der Waals surface area contributed by atoms with Gasteiger partial charge in [-0.15, -0.1) is 0 Å². The number of aliphatic imine (C=N–C) groups is 3. The Morgan fingerprint density at radius 3 is 2.67 bits per heavy atom. The zero-order valence-corrected chi connectivity index (χ0v) is 20.5. The van der Waals surface area contributed by atoms with Gasteiger partial charge in [0.15, 0.2) is 5.17 Å². The Labute approximate surface area is 200 Å². The first kappa shape index (κ1) is 26.9. The fraction of sp³-hybridized carbons (Fsp3) is 0.455. The molecular formula is C22H27ClF3N5OS. The number of rotatable bonds is 6. The lowest BCUT2D eigenvalue weighted by molar-refractivity contribution is -0.114. The predicted octanol–water partition coefficient (Wildman–Crippen LogP) is 5.38. The molecule has 2 heterocycles. The van der Waals surface area contributed by atoms with Crippen LogP contribution in [0.4, 0.5) is 13.2 Å². The summed E-state index contributed by atoms with van der Waals surface area (Å²) in [5.41, 5.74) is 5.22. The number of carbonyl (C=O) groups is 1. The summed E-state index contributed by atoms with van der Waals surface area (Å²) in [6, 6.07) is 0. The van der Waals surface area contributed by atoms with Crippen LogP contribution >= 0.6 is 23.4 Å². The van der Waals surface area contributed by atoms with Gasteiger partial charge < -0.3 is 11.1 Å². The quantitative estimate of drug-likeness (QED) is 0.378. The van der Waals surface area contributed by atoms with Crippen LogP contribution in [0.2, 0.25) is 0 Å². The van der Waals surface area contributed by atoms with Crippen molar-refractivity contribution in [3.05, 3.63) is 47.4 Å². The summed E-state index contributed by atoms with van der Waals surface area (Å²) in [6.07, 6.45) is 1.03. The normalized spacial score (nSPS) is 23.8. The van der Waals surface area contributed by atoms with Gasteiger partial charge in [-0.1, -0.05) is 56.8 Å². The van der Waals surface area contributed by atoms with Crippen LogP contribution in [0, 0.1) is 0 Å². The third-order valence-corrected chi connectivity index (χ3v) is 6.23. The number of hydrogen-bond acceptors (Lipinski definition) is 6. The minimum Gasteiger partial charge on any atom is -0.378 e. The van der Waals surface area contributed by atoms with Crippen molar-refractivity contribution in [2.45, 2.75) is 63.4 Å². The van der Waals surface area contributed by atoms with Crippen LogP contribution in [0.1, 0.15) is 47.0 Å². The second-order valence-electron chi connectivity index (χ2n) is 8.37. The lowest BCUT2D eigenvalue weighted by atomic mass is 9.85. The molecule has 33 heavy (non-hydrogen) atoms. The first-order chi connectivity index (χ1) is 15.2. The molecule has 0 radical (unpaired) electrons. The zero-order valence-electron chi connectivity index (χ0n) is 18.9. The third kappa shape index (κ3) is 7.33. The van der Waals surface area contributed by atoms with Crippen LogP contribution in [0.5, 0.6) is 0 Å². The molecule has 6 nitrogen and oxygen atoms in total. The molecule has 3 N–H and O–H groups in total. The van der Waals surface area contributed by atoms with Gasteiger partial charge in [-0.25, -0.2) is 4.99 Å². The van der Waals surface area contributed by atoms with E-state index in [4.69, 9.17) is 17.3 Å². The number of halogens is 4. The number of amidine groups is 1. The van der Waals surface area contributed by atoms with Crippen molar-refractivity contribution in [2.75, 3.05) is 0 Å². The van der Waals surface area contributed by atoms with E-state index in [2.05, 4.69) is 40.7 Å². The number of nitrogens with one attached hydrogen (secondary N) is 1. The molecule has 11 heteroatoms. The minimum atomic E-state index is -4.55. The maximum absolute atomic E-state index is 12.9. The number of amides is 1. The number of nitrogens with zero attached hydrogens (tertiary/aromatic N) is 3. The summed E-state index contributed by atoms with van der Waals surface area (Å²) in [6.45, 7) is 11.9. The molecule has 0 aromatic heterocycles. The largest absolute Gasteiger partial charge is 0.414 e. The highest BCUT2D eigenvalue weighted by Gasteiger charge is 2.40. The number of carbonyl (C=O) groups excluding carboxylic acids is 1. The van der Waals surface area contributed by atoms with E-state index >= 15 is 0 Å². The molecule has 0 aliphatic carbocycles. The molecule has 0 aromatic rings. The van der Waals surface area contributed by atoms with Crippen molar-refractivity contribution in [1.82, 2.24) is 5.32 Å². The summed E-state index contributed by atoms with van der Waals surface area (Å²) < 4.78 is 38.6. The molecule has 0 bridgehead atoms. The Morgan fingerprint density at radius 2 is 2.09 bits per heavy atom. The van der Waals surface area contributed by atoms with Crippen LogP contribution in [-0.4, -0.2) is 39.0 Å². The number of allylic oxidation sites excluding steroid dienone is 3. The molecular weight excluding hydrogens is 475 g/mol. The van der Waals surface area contributed by atoms with Gasteiger partial charge in [0.25, 0.3) is 5.91 Å². The number of thioether (sulfide) groups is 1. The van der Waals surface area contributed by atoms with E-state index in [0.29, 0.717) is 17.8 Å². The Bertz CT molecular complexity index is 1010. The summed E-state index contributed by atoms with van der Waals surface area (Å²) in [4.78, 5) is 25.2. The van der Waals surface area contributed by atoms with Crippen LogP contribution in [0.15, 0.2) is 62.4 Å². The molecule has 2 rings (SSSR count). The van der Waals surface area contributed by atoms with E-state index < -0.39 is 29.6 Å². The fourth-order valence-electron chi connectivity index (χ4n) is 3.60. The summed E-state index contributed by atoms with van der Waals surface area (Å²) >= 11 is 7.48. The molecule has 1 unspecified atom stereocenters. The van der Waals surface area contributed by atoms with Gasteiger partial charge in [0, 0.05) is 28.6 Å². The molecule has 0 spiro atoms. The maximum atomic E-state index is 12.9. The van der Waals surface area contributed by atoms with Crippen molar-refractivity contribution >= 4 is 45.9 Å². The number of alkyl halides is 3. The molecule has 1 amide bonds. The van der Waals surface area contributed by atoms with Crippen molar-refractivity contribution in [3.63, 3.8) is 0 Å². The highest BCUT2D eigenvalue weighted by Crippen LogP contribution is 2.40. The first-order valence-corrected chi connectivity index (χ1v) is 11.3. The Balaban J connectivity index is 2.13. The summed E-state index contributed by atoms with van der Waals surface area (Å²) in [5, 5.41) is 2.79. The van der Waals surface area contributed by atoms with Crippen LogP contribution in [0.3, 0.4) is 0 Å². The van der Waals surface area contributed by atoms with Crippen LogP contribution in [-0.2, 0) is 4.79 Å². The zero-order chi connectivity index (χ0) is 25.0. The third-order valence-electron chi connectivity index (χ3n) is 4.90. The van der Waals surface area contributed by atoms with E-state index in [0.717, 1.165) is 18.2 Å². The predicted molar refractivity (Wildman–Crippen MR) is 131 cm³/mol. The Kier molecular flexibility index (Phi) is 8.40. The molecule has 0 saturated heterocycles. The van der Waals surface area contributed by atoms with E-state index in [1.165, 1.54) is 24.0 Å². The minimum absolute atomic E-state index is 0.0928. The van der Waals surface area contributed by atoms with E-state index in [-0.39, 0.29) is 21.2 Å². The first-order valence-electron chi connectivity index (χ1n) is 10.2. The van der Waals surface area contributed by atoms with E-state index in [1.54, 1.807) is 0 Å². The number of hydrogen-bond donors (Lipinski definition) is 2. The fourth-order valence-corrected chi connectivity index (χ4v) is 4.98. The summed E-state index contributed by atoms with van der Waals surface area (Å²) in [7, 11) is 0. The van der Waals surface area contributed by atoms with Gasteiger partial charge >= 0.3 is 6.18 Å². The van der Waals surface area contributed by atoms with Gasteiger partial charge in [0.2, 0.25) is 0 Å². The monoisotopic (exact) mass is 501 g/mol. The average Bonchev–Trinajstić information content (AvgIpc) is 2.84. The van der Waals surface area contributed by atoms with Gasteiger partial charge in [-0.2, -0.15) is 13.2 Å². The number of nitrogens with two attached hydrogens (primary N) is 1. The second-order valence-corrected chi connectivity index (χ2v) is 10.5. The van der Waals surface area contributed by atoms with Gasteiger partial charge in [0.1, 0.15) is 11.3 Å². The average molecular weight is 502 g/mol.